The second-order valence-corrected chi connectivity index (χ2v) is 10.0. The van der Waals surface area contributed by atoms with Crippen LogP contribution in [-0.2, 0) is 4.79 Å². The monoisotopic (exact) mass is 515 g/mol. The van der Waals surface area contributed by atoms with Gasteiger partial charge in [-0.25, -0.2) is 9.37 Å². The second kappa shape index (κ2) is 9.67. The van der Waals surface area contributed by atoms with E-state index in [0.29, 0.717) is 22.5 Å². The van der Waals surface area contributed by atoms with E-state index in [1.807, 2.05) is 13.8 Å². The Kier molecular flexibility index (Phi) is 6.82. The molecule has 0 radical (unpaired) electrons. The molecule has 1 unspecified atom stereocenters. The molecule has 0 saturated carbocycles. The number of hydrogen-bond acceptors (Lipinski definition) is 6. The number of nitrogens with one attached hydrogen (secondary N) is 1. The Morgan fingerprint density at radius 3 is 2.49 bits per heavy atom. The highest BCUT2D eigenvalue weighted by Gasteiger charge is 2.34. The van der Waals surface area contributed by atoms with Crippen molar-refractivity contribution >= 4 is 44.8 Å². The Morgan fingerprint density at radius 1 is 1.17 bits per heavy atom. The van der Waals surface area contributed by atoms with E-state index >= 15 is 0 Å². The molecule has 10 heteroatoms. The van der Waals surface area contributed by atoms with Gasteiger partial charge < -0.3 is 15.5 Å². The molecule has 3 N–H and O–H groups in total. The maximum atomic E-state index is 13.7. The quantitative estimate of drug-likeness (QED) is 0.274. The molecule has 2 heterocycles. The summed E-state index contributed by atoms with van der Waals surface area (Å²) in [6.07, 6.45) is 0.312. The fourth-order valence-electron chi connectivity index (χ4n) is 3.95. The van der Waals surface area contributed by atoms with Crippen molar-refractivity contribution in [2.45, 2.75) is 33.2 Å². The number of fused-ring (bicyclic) bond motifs is 1. The number of benzene rings is 2. The Bertz CT molecular complexity index is 1430. The Labute approximate surface area is 209 Å². The van der Waals surface area contributed by atoms with Crippen LogP contribution in [0.25, 0.3) is 26.6 Å². The van der Waals surface area contributed by atoms with Gasteiger partial charge in [0.05, 0.1) is 27.5 Å². The lowest BCUT2D eigenvalue weighted by Gasteiger charge is -2.19. The second-order valence-electron chi connectivity index (χ2n) is 8.59. The van der Waals surface area contributed by atoms with E-state index in [9.17, 15) is 24.2 Å². The number of hydrogen-bond donors (Lipinski definition) is 3. The predicted molar refractivity (Wildman–Crippen MR) is 134 cm³/mol. The first kappa shape index (κ1) is 24.7. The number of rotatable bonds is 7. The summed E-state index contributed by atoms with van der Waals surface area (Å²) in [4.78, 5) is 30.1. The largest absolute Gasteiger partial charge is 0.503 e. The number of amides is 1. The van der Waals surface area contributed by atoms with Gasteiger partial charge in [0.1, 0.15) is 5.82 Å². The normalized spacial score (nSPS) is 12.3. The summed E-state index contributed by atoms with van der Waals surface area (Å²) in [7, 11) is 0. The van der Waals surface area contributed by atoms with E-state index in [2.05, 4.69) is 10.3 Å². The lowest BCUT2D eigenvalue weighted by molar-refractivity contribution is -0.119. The standard InChI is InChI=1S/C25H23ClFN3O4S/c1-12(2)10-18(28-13(3)31)22(32)20-21(14-4-7-16(27)8-5-14)30(24(34)23(20)33)25-29-17-9-6-15(26)11-19(17)35-25/h4-9,11-12,18,33-34H,10H2,1-3H3,(H,28,31). The summed E-state index contributed by atoms with van der Waals surface area (Å²) in [5.41, 5.74) is 0.921. The Hall–Kier alpha value is -3.43. The Morgan fingerprint density at radius 2 is 1.86 bits per heavy atom. The van der Waals surface area contributed by atoms with Crippen LogP contribution in [0.1, 0.15) is 37.6 Å². The highest BCUT2D eigenvalue weighted by atomic mass is 35.5. The van der Waals surface area contributed by atoms with E-state index in [1.54, 1.807) is 18.2 Å². The molecular weight excluding hydrogens is 493 g/mol. The molecule has 0 saturated heterocycles. The van der Waals surface area contributed by atoms with Crippen LogP contribution in [0.4, 0.5) is 4.39 Å². The van der Waals surface area contributed by atoms with Crippen LogP contribution in [0.2, 0.25) is 5.02 Å². The van der Waals surface area contributed by atoms with E-state index in [-0.39, 0.29) is 22.3 Å². The summed E-state index contributed by atoms with van der Waals surface area (Å²) < 4.78 is 15.7. The van der Waals surface area contributed by atoms with Gasteiger partial charge in [-0.15, -0.1) is 0 Å². The van der Waals surface area contributed by atoms with E-state index in [0.717, 1.165) is 4.70 Å². The Balaban J connectivity index is 1.98. The fraction of sp³-hybridized carbons (Fsp3) is 0.240. The molecule has 0 fully saturated rings. The van der Waals surface area contributed by atoms with Gasteiger partial charge in [0.15, 0.2) is 16.7 Å². The molecule has 1 amide bonds. The summed E-state index contributed by atoms with van der Waals surface area (Å²) in [5.74, 6) is -2.66. The molecule has 2 aromatic carbocycles. The topological polar surface area (TPSA) is 104 Å². The van der Waals surface area contributed by atoms with Crippen LogP contribution in [0.5, 0.6) is 11.6 Å². The highest BCUT2D eigenvalue weighted by molar-refractivity contribution is 7.20. The van der Waals surface area contributed by atoms with Crippen LogP contribution in [0, 0.1) is 11.7 Å². The SMILES string of the molecule is CC(=O)NC(CC(C)C)C(=O)c1c(O)c(O)n(-c2nc3ccc(Cl)cc3s2)c1-c1ccc(F)cc1. The third-order valence-electron chi connectivity index (χ3n) is 5.42. The fourth-order valence-corrected chi connectivity index (χ4v) is 5.20. The third kappa shape index (κ3) is 4.87. The molecule has 4 rings (SSSR count). The van der Waals surface area contributed by atoms with Gasteiger partial charge in [-0.1, -0.05) is 36.8 Å². The lowest BCUT2D eigenvalue weighted by Crippen LogP contribution is -2.40. The molecule has 2 aromatic heterocycles. The first-order valence-electron chi connectivity index (χ1n) is 10.9. The zero-order valence-corrected chi connectivity index (χ0v) is 20.7. The van der Waals surface area contributed by atoms with Crippen LogP contribution >= 0.6 is 22.9 Å². The molecule has 35 heavy (non-hydrogen) atoms. The van der Waals surface area contributed by atoms with Crippen molar-refractivity contribution in [3.05, 3.63) is 58.9 Å². The average molecular weight is 516 g/mol. The maximum Gasteiger partial charge on any atom is 0.242 e. The van der Waals surface area contributed by atoms with Crippen molar-refractivity contribution < 1.29 is 24.2 Å². The minimum absolute atomic E-state index is 0.0527. The molecular formula is C25H23ClFN3O4S. The van der Waals surface area contributed by atoms with Crippen molar-refractivity contribution in [1.82, 2.24) is 14.9 Å². The number of aromatic nitrogens is 2. The third-order valence-corrected chi connectivity index (χ3v) is 6.65. The van der Waals surface area contributed by atoms with Crippen LogP contribution in [-0.4, -0.2) is 37.5 Å². The zero-order valence-electron chi connectivity index (χ0n) is 19.2. The summed E-state index contributed by atoms with van der Waals surface area (Å²) in [5, 5.41) is 25.4. The minimum Gasteiger partial charge on any atom is -0.503 e. The number of aromatic hydroxyl groups is 2. The van der Waals surface area contributed by atoms with Crippen molar-refractivity contribution in [2.75, 3.05) is 0 Å². The van der Waals surface area contributed by atoms with Crippen molar-refractivity contribution in [3.63, 3.8) is 0 Å². The van der Waals surface area contributed by atoms with Gasteiger partial charge in [-0.2, -0.15) is 0 Å². The molecule has 1 atom stereocenters. The molecule has 0 aliphatic rings. The van der Waals surface area contributed by atoms with E-state index in [1.165, 1.54) is 47.1 Å². The van der Waals surface area contributed by atoms with Crippen LogP contribution in [0.3, 0.4) is 0 Å². The van der Waals surface area contributed by atoms with Crippen LogP contribution < -0.4 is 5.32 Å². The minimum atomic E-state index is -0.943. The average Bonchev–Trinajstić information content (AvgIpc) is 3.30. The van der Waals surface area contributed by atoms with Crippen molar-refractivity contribution in [3.8, 4) is 28.0 Å². The molecule has 182 valence electrons. The van der Waals surface area contributed by atoms with Gasteiger partial charge >= 0.3 is 0 Å². The molecule has 0 aliphatic heterocycles. The highest BCUT2D eigenvalue weighted by Crippen LogP contribution is 2.45. The predicted octanol–water partition coefficient (Wildman–Crippen LogP) is 5.69. The number of nitrogens with zero attached hydrogens (tertiary/aromatic N) is 2. The van der Waals surface area contributed by atoms with Crippen molar-refractivity contribution in [2.24, 2.45) is 5.92 Å². The lowest BCUT2D eigenvalue weighted by atomic mass is 9.94. The van der Waals surface area contributed by atoms with E-state index < -0.39 is 35.2 Å². The smallest absolute Gasteiger partial charge is 0.242 e. The number of Topliss-reactive ketones (excluding diaryl/α,β-unsaturated/α-hetero) is 1. The van der Waals surface area contributed by atoms with Gasteiger partial charge in [0, 0.05) is 11.9 Å². The van der Waals surface area contributed by atoms with Gasteiger partial charge in [0.25, 0.3) is 0 Å². The molecule has 4 aromatic rings. The zero-order chi connectivity index (χ0) is 25.4. The van der Waals surface area contributed by atoms with Gasteiger partial charge in [-0.05, 0) is 60.4 Å². The first-order chi connectivity index (χ1) is 16.6. The number of carbonyl (C=O) groups is 2. The van der Waals surface area contributed by atoms with E-state index in [4.69, 9.17) is 11.6 Å². The summed E-state index contributed by atoms with van der Waals surface area (Å²) >= 11 is 7.30. The number of carbonyl (C=O) groups excluding carboxylic acids is 2. The number of halogens is 2. The van der Waals surface area contributed by atoms with Gasteiger partial charge in [0.2, 0.25) is 11.8 Å². The number of thiazole rings is 1. The number of ketones is 1. The maximum absolute atomic E-state index is 13.7. The van der Waals surface area contributed by atoms with Gasteiger partial charge in [-0.3, -0.25) is 14.2 Å². The van der Waals surface area contributed by atoms with Crippen molar-refractivity contribution in [1.29, 1.82) is 0 Å². The summed E-state index contributed by atoms with van der Waals surface area (Å²) in [6, 6.07) is 9.49. The molecule has 0 spiro atoms. The molecule has 0 bridgehead atoms. The first-order valence-corrected chi connectivity index (χ1v) is 12.1. The summed E-state index contributed by atoms with van der Waals surface area (Å²) in [6.45, 7) is 5.10. The van der Waals surface area contributed by atoms with Crippen LogP contribution in [0.15, 0.2) is 42.5 Å². The molecule has 0 aliphatic carbocycles. The molecule has 7 nitrogen and oxygen atoms in total.